The molecule has 0 rings (SSSR count). The van der Waals surface area contributed by atoms with Crippen molar-refractivity contribution in [2.75, 3.05) is 0 Å². The average Bonchev–Trinajstić information content (AvgIpc) is 2.21. The van der Waals surface area contributed by atoms with Crippen LogP contribution < -0.4 is 0 Å². The van der Waals surface area contributed by atoms with Crippen LogP contribution in [0, 0.1) is 5.92 Å². The van der Waals surface area contributed by atoms with Gasteiger partial charge in [0.15, 0.2) is 0 Å². The highest BCUT2D eigenvalue weighted by Gasteiger charge is 2.16. The van der Waals surface area contributed by atoms with Crippen LogP contribution in [0.25, 0.3) is 0 Å². The van der Waals surface area contributed by atoms with Crippen molar-refractivity contribution >= 4 is 5.97 Å². The summed E-state index contributed by atoms with van der Waals surface area (Å²) < 4.78 is 0. The molecule has 0 aliphatic carbocycles. The zero-order chi connectivity index (χ0) is 11.7. The smallest absolute Gasteiger partial charge is 0.331 e. The van der Waals surface area contributed by atoms with E-state index in [0.29, 0.717) is 5.57 Å². The number of aliphatic carboxylic acids is 1. The predicted octanol–water partition coefficient (Wildman–Crippen LogP) is 3.79. The topological polar surface area (TPSA) is 37.3 Å². The third-order valence-electron chi connectivity index (χ3n) is 2.62. The van der Waals surface area contributed by atoms with Crippen molar-refractivity contribution in [1.82, 2.24) is 0 Å². The molecule has 1 unspecified atom stereocenters. The number of rotatable bonds is 9. The van der Waals surface area contributed by atoms with E-state index < -0.39 is 5.97 Å². The van der Waals surface area contributed by atoms with Gasteiger partial charge in [-0.05, 0) is 18.8 Å². The molecule has 0 aromatic rings. The van der Waals surface area contributed by atoms with Crippen molar-refractivity contribution in [3.05, 3.63) is 24.8 Å². The van der Waals surface area contributed by atoms with E-state index in [2.05, 4.69) is 20.1 Å². The Kier molecular flexibility index (Phi) is 7.69. The first-order valence-electron chi connectivity index (χ1n) is 5.66. The third-order valence-corrected chi connectivity index (χ3v) is 2.62. The molecule has 0 aliphatic rings. The van der Waals surface area contributed by atoms with Gasteiger partial charge >= 0.3 is 5.97 Å². The van der Waals surface area contributed by atoms with Gasteiger partial charge in [0.25, 0.3) is 0 Å². The van der Waals surface area contributed by atoms with E-state index in [4.69, 9.17) is 5.11 Å². The quantitative estimate of drug-likeness (QED) is 0.357. The number of hydrogen-bond donors (Lipinski definition) is 1. The average molecular weight is 210 g/mol. The molecule has 0 aromatic carbocycles. The summed E-state index contributed by atoms with van der Waals surface area (Å²) in [7, 11) is 0. The summed E-state index contributed by atoms with van der Waals surface area (Å²) in [6, 6.07) is 0. The maximum absolute atomic E-state index is 10.8. The number of carbonyl (C=O) groups is 1. The lowest BCUT2D eigenvalue weighted by atomic mass is 9.91. The van der Waals surface area contributed by atoms with E-state index in [1.807, 2.05) is 0 Å². The van der Waals surface area contributed by atoms with Crippen molar-refractivity contribution in [2.45, 2.75) is 45.4 Å². The van der Waals surface area contributed by atoms with E-state index in [1.54, 1.807) is 6.08 Å². The van der Waals surface area contributed by atoms with Crippen molar-refractivity contribution in [3.8, 4) is 0 Å². The van der Waals surface area contributed by atoms with E-state index >= 15 is 0 Å². The van der Waals surface area contributed by atoms with Gasteiger partial charge in [0.2, 0.25) is 0 Å². The Morgan fingerprint density at radius 1 is 1.40 bits per heavy atom. The maximum Gasteiger partial charge on any atom is 0.331 e. The summed E-state index contributed by atoms with van der Waals surface area (Å²) >= 11 is 0. The lowest BCUT2D eigenvalue weighted by molar-refractivity contribution is -0.133. The molecule has 86 valence electrons. The molecule has 0 aliphatic heterocycles. The lowest BCUT2D eigenvalue weighted by Crippen LogP contribution is -2.11. The summed E-state index contributed by atoms with van der Waals surface area (Å²) in [5.74, 6) is -0.811. The highest BCUT2D eigenvalue weighted by Crippen LogP contribution is 2.22. The molecule has 0 radical (unpaired) electrons. The van der Waals surface area contributed by atoms with Crippen molar-refractivity contribution in [1.29, 1.82) is 0 Å². The second kappa shape index (κ2) is 8.27. The van der Waals surface area contributed by atoms with Crippen molar-refractivity contribution < 1.29 is 9.90 Å². The van der Waals surface area contributed by atoms with Crippen LogP contribution in [0.5, 0.6) is 0 Å². The second-order valence-corrected chi connectivity index (χ2v) is 3.90. The van der Waals surface area contributed by atoms with Crippen LogP contribution in [0.3, 0.4) is 0 Å². The molecule has 15 heavy (non-hydrogen) atoms. The molecule has 0 spiro atoms. The molecule has 2 heteroatoms. The minimum absolute atomic E-state index is 0.0665. The Hall–Kier alpha value is -1.05. The fourth-order valence-electron chi connectivity index (χ4n) is 1.63. The summed E-state index contributed by atoms with van der Waals surface area (Å²) in [4.78, 5) is 10.8. The summed E-state index contributed by atoms with van der Waals surface area (Å²) in [5.41, 5.74) is 0.325. The third kappa shape index (κ3) is 6.10. The van der Waals surface area contributed by atoms with E-state index in [0.717, 1.165) is 19.3 Å². The lowest BCUT2D eigenvalue weighted by Gasteiger charge is -2.14. The van der Waals surface area contributed by atoms with Gasteiger partial charge in [0, 0.05) is 5.57 Å². The maximum atomic E-state index is 10.8. The highest BCUT2D eigenvalue weighted by atomic mass is 16.4. The van der Waals surface area contributed by atoms with Crippen LogP contribution in [-0.2, 0) is 4.79 Å². The fraction of sp³-hybridized carbons (Fsp3) is 0.615. The van der Waals surface area contributed by atoms with Crippen LogP contribution in [0.2, 0.25) is 0 Å². The number of unbranched alkanes of at least 4 members (excludes halogenated alkanes) is 3. The van der Waals surface area contributed by atoms with E-state index in [-0.39, 0.29) is 5.92 Å². The molecule has 0 saturated carbocycles. The van der Waals surface area contributed by atoms with Gasteiger partial charge < -0.3 is 5.11 Å². The van der Waals surface area contributed by atoms with Crippen LogP contribution in [-0.4, -0.2) is 11.1 Å². The number of carboxylic acid groups (broad SMARTS) is 1. The summed E-state index contributed by atoms with van der Waals surface area (Å²) in [6.07, 6.45) is 8.09. The van der Waals surface area contributed by atoms with Gasteiger partial charge in [0.1, 0.15) is 0 Å². The first-order chi connectivity index (χ1) is 7.13. The normalized spacial score (nSPS) is 12.1. The number of allylic oxidation sites excluding steroid dienone is 1. The van der Waals surface area contributed by atoms with E-state index in [1.165, 1.54) is 19.3 Å². The zero-order valence-electron chi connectivity index (χ0n) is 9.67. The second-order valence-electron chi connectivity index (χ2n) is 3.90. The summed E-state index contributed by atoms with van der Waals surface area (Å²) in [6.45, 7) is 9.44. The molecule has 0 saturated heterocycles. The number of hydrogen-bond acceptors (Lipinski definition) is 1. The van der Waals surface area contributed by atoms with Gasteiger partial charge in [-0.15, -0.1) is 6.58 Å². The molecule has 0 heterocycles. The molecule has 0 bridgehead atoms. The Labute approximate surface area is 92.7 Å². The molecule has 0 amide bonds. The van der Waals surface area contributed by atoms with Crippen LogP contribution in [0.15, 0.2) is 24.8 Å². The minimum Gasteiger partial charge on any atom is -0.478 e. The van der Waals surface area contributed by atoms with Crippen LogP contribution in [0.4, 0.5) is 0 Å². The van der Waals surface area contributed by atoms with Gasteiger partial charge in [-0.2, -0.15) is 0 Å². The molecular formula is C13H22O2. The van der Waals surface area contributed by atoms with Gasteiger partial charge in [-0.1, -0.05) is 45.3 Å². The zero-order valence-corrected chi connectivity index (χ0v) is 9.67. The van der Waals surface area contributed by atoms with Gasteiger partial charge in [0.05, 0.1) is 0 Å². The Morgan fingerprint density at radius 2 is 2.07 bits per heavy atom. The standard InChI is InChI=1S/C13H22O2/c1-4-6-7-8-10-12(9-5-2)11(3)13(14)15/h5,12H,2-4,6-10H2,1H3,(H,14,15). The van der Waals surface area contributed by atoms with Crippen molar-refractivity contribution in [2.24, 2.45) is 5.92 Å². The fourth-order valence-corrected chi connectivity index (χ4v) is 1.63. The monoisotopic (exact) mass is 210 g/mol. The molecule has 0 aromatic heterocycles. The van der Waals surface area contributed by atoms with E-state index in [9.17, 15) is 4.79 Å². The molecule has 1 N–H and O–H groups in total. The SMILES string of the molecule is C=CCC(CCCCCC)C(=C)C(=O)O. The minimum atomic E-state index is -0.877. The Bertz CT molecular complexity index is 219. The number of carboxylic acids is 1. The predicted molar refractivity (Wildman–Crippen MR) is 63.8 cm³/mol. The molecular weight excluding hydrogens is 188 g/mol. The van der Waals surface area contributed by atoms with Crippen molar-refractivity contribution in [3.63, 3.8) is 0 Å². The van der Waals surface area contributed by atoms with Crippen LogP contribution >= 0.6 is 0 Å². The van der Waals surface area contributed by atoms with Gasteiger partial charge in [-0.25, -0.2) is 4.79 Å². The first kappa shape index (κ1) is 13.9. The first-order valence-corrected chi connectivity index (χ1v) is 5.66. The Balaban J connectivity index is 3.98. The molecule has 0 fully saturated rings. The largest absolute Gasteiger partial charge is 0.478 e. The Morgan fingerprint density at radius 3 is 2.53 bits per heavy atom. The molecule has 1 atom stereocenters. The molecule has 2 nitrogen and oxygen atoms in total. The highest BCUT2D eigenvalue weighted by molar-refractivity contribution is 5.86. The van der Waals surface area contributed by atoms with Gasteiger partial charge in [-0.3, -0.25) is 0 Å². The van der Waals surface area contributed by atoms with Crippen LogP contribution in [0.1, 0.15) is 45.4 Å². The summed E-state index contributed by atoms with van der Waals surface area (Å²) in [5, 5.41) is 8.85.